The maximum absolute atomic E-state index is 13.9. The summed E-state index contributed by atoms with van der Waals surface area (Å²) in [5.41, 5.74) is 1.12. The van der Waals surface area contributed by atoms with Gasteiger partial charge in [-0.05, 0) is 43.2 Å². The van der Waals surface area contributed by atoms with Gasteiger partial charge in [-0.15, -0.1) is 11.3 Å². The molecule has 2 amide bonds. The third-order valence-corrected chi connectivity index (χ3v) is 5.49. The number of furan rings is 1. The first kappa shape index (κ1) is 19.1. The molecule has 0 aliphatic carbocycles. The van der Waals surface area contributed by atoms with Crippen molar-refractivity contribution in [3.63, 3.8) is 0 Å². The van der Waals surface area contributed by atoms with Crippen LogP contribution in [0.1, 0.15) is 23.4 Å². The van der Waals surface area contributed by atoms with Crippen LogP contribution in [-0.2, 0) is 4.79 Å². The number of carbonyl (C=O) groups excluding carboxylic acids is 2. The van der Waals surface area contributed by atoms with E-state index >= 15 is 0 Å². The molecule has 1 aliphatic heterocycles. The highest BCUT2D eigenvalue weighted by Crippen LogP contribution is 2.29. The van der Waals surface area contributed by atoms with Crippen LogP contribution >= 0.6 is 11.3 Å². The first-order valence-corrected chi connectivity index (χ1v) is 9.89. The number of anilines is 1. The number of thiazole rings is 1. The molecule has 3 aromatic rings. The summed E-state index contributed by atoms with van der Waals surface area (Å²) in [6, 6.07) is 7.19. The number of likely N-dealkylation sites (tertiary alicyclic amines) is 1. The Labute approximate surface area is 170 Å². The summed E-state index contributed by atoms with van der Waals surface area (Å²) in [5.74, 6) is -0.727. The highest BCUT2D eigenvalue weighted by molar-refractivity contribution is 7.14. The van der Waals surface area contributed by atoms with Gasteiger partial charge >= 0.3 is 0 Å². The molecule has 0 spiro atoms. The lowest BCUT2D eigenvalue weighted by molar-refractivity contribution is -0.119. The fourth-order valence-electron chi connectivity index (χ4n) is 3.30. The van der Waals surface area contributed by atoms with Gasteiger partial charge in [0, 0.05) is 17.5 Å². The van der Waals surface area contributed by atoms with E-state index in [1.807, 2.05) is 0 Å². The van der Waals surface area contributed by atoms with Crippen LogP contribution in [0.2, 0.25) is 0 Å². The Morgan fingerprint density at radius 1 is 1.38 bits per heavy atom. The molecule has 7 nitrogen and oxygen atoms in total. The fraction of sp³-hybridized carbons (Fsp3) is 0.250. The third kappa shape index (κ3) is 3.86. The van der Waals surface area contributed by atoms with E-state index in [9.17, 15) is 14.0 Å². The Bertz CT molecular complexity index is 1030. The molecule has 1 atom stereocenters. The van der Waals surface area contributed by atoms with Crippen LogP contribution in [0.25, 0.3) is 11.3 Å². The van der Waals surface area contributed by atoms with E-state index in [0.717, 1.165) is 6.42 Å². The summed E-state index contributed by atoms with van der Waals surface area (Å²) < 4.78 is 24.0. The molecule has 0 bridgehead atoms. The van der Waals surface area contributed by atoms with E-state index in [2.05, 4.69) is 10.3 Å². The molecular formula is C20H18FN3O4S. The normalized spacial score (nSPS) is 16.1. The second-order valence-corrected chi connectivity index (χ2v) is 7.37. The lowest BCUT2D eigenvalue weighted by atomic mass is 10.1. The topological polar surface area (TPSA) is 84.7 Å². The minimum atomic E-state index is -0.585. The molecule has 150 valence electrons. The smallest absolute Gasteiger partial charge is 0.290 e. The molecule has 4 rings (SSSR count). The SMILES string of the molecule is COc1ccc(-c2csc(NC(=O)C3CCCN3C(=O)c3ccco3)n2)cc1F. The number of nitrogens with zero attached hydrogens (tertiary/aromatic N) is 2. The van der Waals surface area contributed by atoms with E-state index in [4.69, 9.17) is 9.15 Å². The zero-order valence-corrected chi connectivity index (χ0v) is 16.4. The van der Waals surface area contributed by atoms with Crippen molar-refractivity contribution in [3.8, 4) is 17.0 Å². The van der Waals surface area contributed by atoms with Crippen molar-refractivity contribution < 1.29 is 23.1 Å². The van der Waals surface area contributed by atoms with Gasteiger partial charge in [0.05, 0.1) is 19.1 Å². The molecule has 1 unspecified atom stereocenters. The van der Waals surface area contributed by atoms with Crippen molar-refractivity contribution in [2.45, 2.75) is 18.9 Å². The van der Waals surface area contributed by atoms with Crippen LogP contribution in [0, 0.1) is 5.82 Å². The Kier molecular flexibility index (Phi) is 5.30. The first-order chi connectivity index (χ1) is 14.1. The number of aromatic nitrogens is 1. The number of hydrogen-bond donors (Lipinski definition) is 1. The van der Waals surface area contributed by atoms with Crippen LogP contribution < -0.4 is 10.1 Å². The van der Waals surface area contributed by atoms with Crippen molar-refractivity contribution in [2.24, 2.45) is 0 Å². The van der Waals surface area contributed by atoms with Gasteiger partial charge in [0.15, 0.2) is 22.5 Å². The van der Waals surface area contributed by atoms with Crippen LogP contribution in [0.15, 0.2) is 46.4 Å². The van der Waals surface area contributed by atoms with Crippen LogP contribution in [0.5, 0.6) is 5.75 Å². The fourth-order valence-corrected chi connectivity index (χ4v) is 4.02. The molecule has 9 heteroatoms. The van der Waals surface area contributed by atoms with Crippen LogP contribution in [0.4, 0.5) is 9.52 Å². The van der Waals surface area contributed by atoms with Crippen LogP contribution in [-0.4, -0.2) is 41.4 Å². The minimum absolute atomic E-state index is 0.153. The number of nitrogens with one attached hydrogen (secondary N) is 1. The summed E-state index contributed by atoms with van der Waals surface area (Å²) in [6.07, 6.45) is 2.73. The van der Waals surface area contributed by atoms with Gasteiger partial charge in [-0.2, -0.15) is 0 Å². The van der Waals surface area contributed by atoms with E-state index in [1.54, 1.807) is 23.6 Å². The molecule has 1 saturated heterocycles. The van der Waals surface area contributed by atoms with E-state index in [0.29, 0.717) is 29.4 Å². The third-order valence-electron chi connectivity index (χ3n) is 4.73. The zero-order chi connectivity index (χ0) is 20.4. The van der Waals surface area contributed by atoms with Gasteiger partial charge in [0.25, 0.3) is 5.91 Å². The Hall–Kier alpha value is -3.20. The molecular weight excluding hydrogens is 397 g/mol. The number of methoxy groups -OCH3 is 1. The number of carbonyl (C=O) groups is 2. The summed E-state index contributed by atoms with van der Waals surface area (Å²) in [4.78, 5) is 31.2. The predicted octanol–water partition coefficient (Wildman–Crippen LogP) is 3.79. The van der Waals surface area contributed by atoms with Gasteiger partial charge in [-0.3, -0.25) is 9.59 Å². The van der Waals surface area contributed by atoms with Crippen LogP contribution in [0.3, 0.4) is 0 Å². The number of hydrogen-bond acceptors (Lipinski definition) is 6. The number of benzene rings is 1. The van der Waals surface area contributed by atoms with Gasteiger partial charge in [0.1, 0.15) is 6.04 Å². The van der Waals surface area contributed by atoms with Gasteiger partial charge in [-0.1, -0.05) is 0 Å². The lowest BCUT2D eigenvalue weighted by Gasteiger charge is -2.22. The second kappa shape index (κ2) is 8.04. The van der Waals surface area contributed by atoms with Crippen molar-refractivity contribution in [1.29, 1.82) is 0 Å². The van der Waals surface area contributed by atoms with E-state index < -0.39 is 11.9 Å². The molecule has 1 N–H and O–H groups in total. The quantitative estimate of drug-likeness (QED) is 0.685. The number of halogens is 1. The standard InChI is InChI=1S/C20H18FN3O4S/c1-27-16-7-6-12(10-13(16)21)14-11-29-20(22-14)23-18(25)15-4-2-8-24(15)19(26)17-5-3-9-28-17/h3,5-7,9-11,15H,2,4,8H2,1H3,(H,22,23,25). The highest BCUT2D eigenvalue weighted by atomic mass is 32.1. The molecule has 1 aliphatic rings. The van der Waals surface area contributed by atoms with E-state index in [1.165, 1.54) is 41.7 Å². The molecule has 0 saturated carbocycles. The number of rotatable bonds is 5. The van der Waals surface area contributed by atoms with Crippen molar-refractivity contribution in [2.75, 3.05) is 19.0 Å². The van der Waals surface area contributed by atoms with Crippen molar-refractivity contribution >= 4 is 28.3 Å². The average Bonchev–Trinajstić information content (AvgIpc) is 3.48. The predicted molar refractivity (Wildman–Crippen MR) is 105 cm³/mol. The first-order valence-electron chi connectivity index (χ1n) is 9.01. The minimum Gasteiger partial charge on any atom is -0.494 e. The molecule has 29 heavy (non-hydrogen) atoms. The Morgan fingerprint density at radius 3 is 2.97 bits per heavy atom. The molecule has 1 fully saturated rings. The number of ether oxygens (including phenoxy) is 1. The van der Waals surface area contributed by atoms with E-state index in [-0.39, 0.29) is 23.3 Å². The van der Waals surface area contributed by atoms with Gasteiger partial charge < -0.3 is 19.4 Å². The average molecular weight is 415 g/mol. The second-order valence-electron chi connectivity index (χ2n) is 6.51. The Morgan fingerprint density at radius 2 is 2.24 bits per heavy atom. The molecule has 3 heterocycles. The summed E-state index contributed by atoms with van der Waals surface area (Å²) in [6.45, 7) is 0.492. The van der Waals surface area contributed by atoms with Crippen molar-refractivity contribution in [3.05, 3.63) is 53.6 Å². The summed E-state index contributed by atoms with van der Waals surface area (Å²) in [7, 11) is 1.40. The van der Waals surface area contributed by atoms with Crippen molar-refractivity contribution in [1.82, 2.24) is 9.88 Å². The summed E-state index contributed by atoms with van der Waals surface area (Å²) in [5, 5.41) is 4.89. The molecule has 2 aromatic heterocycles. The molecule has 1 aromatic carbocycles. The number of amides is 2. The van der Waals surface area contributed by atoms with Gasteiger partial charge in [-0.25, -0.2) is 9.37 Å². The Balaban J connectivity index is 1.46. The maximum Gasteiger partial charge on any atom is 0.290 e. The largest absolute Gasteiger partial charge is 0.494 e. The highest BCUT2D eigenvalue weighted by Gasteiger charge is 2.35. The molecule has 0 radical (unpaired) electrons. The zero-order valence-electron chi connectivity index (χ0n) is 15.6. The monoisotopic (exact) mass is 415 g/mol. The maximum atomic E-state index is 13.9. The lowest BCUT2D eigenvalue weighted by Crippen LogP contribution is -2.43. The summed E-state index contributed by atoms with van der Waals surface area (Å²) >= 11 is 1.24. The van der Waals surface area contributed by atoms with Gasteiger partial charge in [0.2, 0.25) is 5.91 Å².